The SMILES string of the molecule is COCCCC(C)NC[C@H](O)c1ccc(O)c(O)c1.O=C(O)C(=O)O. The van der Waals surface area contributed by atoms with Crippen LogP contribution in [0, 0.1) is 0 Å². The lowest BCUT2D eigenvalue weighted by Gasteiger charge is -2.17. The summed E-state index contributed by atoms with van der Waals surface area (Å²) in [4.78, 5) is 18.2. The first kappa shape index (κ1) is 22.6. The first-order valence-electron chi connectivity index (χ1n) is 7.57. The van der Waals surface area contributed by atoms with Gasteiger partial charge in [0.05, 0.1) is 6.10 Å². The van der Waals surface area contributed by atoms with Crippen molar-refractivity contribution in [3.63, 3.8) is 0 Å². The molecule has 1 aromatic rings. The van der Waals surface area contributed by atoms with E-state index in [-0.39, 0.29) is 17.5 Å². The highest BCUT2D eigenvalue weighted by Crippen LogP contribution is 2.27. The summed E-state index contributed by atoms with van der Waals surface area (Å²) < 4.78 is 4.98. The maximum absolute atomic E-state index is 9.98. The zero-order valence-electron chi connectivity index (χ0n) is 14.2. The summed E-state index contributed by atoms with van der Waals surface area (Å²) in [6, 6.07) is 4.62. The number of carboxylic acid groups (broad SMARTS) is 2. The first-order chi connectivity index (χ1) is 11.7. The Labute approximate surface area is 145 Å². The standard InChI is InChI=1S/C14H23NO4.C2H2O4/c1-10(4-3-7-19-2)15-9-14(18)11-5-6-12(16)13(17)8-11;3-1(4)2(5)6/h5-6,8,10,14-18H,3-4,7,9H2,1-2H3;(H,3,4)(H,5,6)/t10?,14-;/m0./s1. The quantitative estimate of drug-likeness (QED) is 0.223. The van der Waals surface area contributed by atoms with Crippen molar-refractivity contribution in [1.82, 2.24) is 5.32 Å². The lowest BCUT2D eigenvalue weighted by molar-refractivity contribution is -0.159. The van der Waals surface area contributed by atoms with Gasteiger partial charge in [-0.15, -0.1) is 0 Å². The molecule has 9 heteroatoms. The Kier molecular flexibility index (Phi) is 10.9. The van der Waals surface area contributed by atoms with Crippen molar-refractivity contribution >= 4 is 11.9 Å². The smallest absolute Gasteiger partial charge is 0.414 e. The molecule has 0 bridgehead atoms. The monoisotopic (exact) mass is 359 g/mol. The highest BCUT2D eigenvalue weighted by molar-refractivity contribution is 6.27. The van der Waals surface area contributed by atoms with E-state index in [4.69, 9.17) is 24.5 Å². The summed E-state index contributed by atoms with van der Waals surface area (Å²) in [5.41, 5.74) is 0.576. The molecule has 0 aliphatic carbocycles. The van der Waals surface area contributed by atoms with Gasteiger partial charge in [0.2, 0.25) is 0 Å². The van der Waals surface area contributed by atoms with Crippen LogP contribution >= 0.6 is 0 Å². The molecule has 0 aromatic heterocycles. The van der Waals surface area contributed by atoms with Crippen LogP contribution in [0.3, 0.4) is 0 Å². The lowest BCUT2D eigenvalue weighted by Crippen LogP contribution is -2.30. The molecule has 0 radical (unpaired) electrons. The number of phenolic OH excluding ortho intramolecular Hbond substituents is 2. The van der Waals surface area contributed by atoms with E-state index in [9.17, 15) is 15.3 Å². The molecule has 25 heavy (non-hydrogen) atoms. The molecule has 0 aliphatic rings. The van der Waals surface area contributed by atoms with Crippen LogP contribution in [0.15, 0.2) is 18.2 Å². The first-order valence-corrected chi connectivity index (χ1v) is 7.57. The van der Waals surface area contributed by atoms with Crippen molar-refractivity contribution in [2.45, 2.75) is 31.9 Å². The predicted octanol–water partition coefficient (Wildman–Crippen LogP) is 0.691. The molecule has 0 amide bonds. The average Bonchev–Trinajstić information content (AvgIpc) is 2.56. The maximum Gasteiger partial charge on any atom is 0.414 e. The number of methoxy groups -OCH3 is 1. The minimum absolute atomic E-state index is 0.183. The molecule has 0 heterocycles. The molecule has 0 saturated carbocycles. The molecule has 9 nitrogen and oxygen atoms in total. The third-order valence-electron chi connectivity index (χ3n) is 3.21. The zero-order valence-corrected chi connectivity index (χ0v) is 14.2. The number of aliphatic carboxylic acids is 2. The van der Waals surface area contributed by atoms with E-state index in [1.54, 1.807) is 13.2 Å². The number of carbonyl (C=O) groups is 2. The molecule has 6 N–H and O–H groups in total. The molecule has 0 fully saturated rings. The Balaban J connectivity index is 0.000000823. The molecule has 2 atom stereocenters. The highest BCUT2D eigenvalue weighted by atomic mass is 16.5. The van der Waals surface area contributed by atoms with Gasteiger partial charge in [0.1, 0.15) is 0 Å². The molecule has 1 rings (SSSR count). The Morgan fingerprint density at radius 3 is 2.24 bits per heavy atom. The summed E-state index contributed by atoms with van der Waals surface area (Å²) >= 11 is 0. The second-order valence-corrected chi connectivity index (χ2v) is 5.32. The average molecular weight is 359 g/mol. The Hall–Kier alpha value is -2.36. The third-order valence-corrected chi connectivity index (χ3v) is 3.21. The number of phenols is 2. The molecule has 0 aliphatic heterocycles. The molecule has 0 spiro atoms. The number of aromatic hydroxyl groups is 2. The number of aliphatic hydroxyl groups excluding tert-OH is 1. The van der Waals surface area contributed by atoms with Crippen LogP contribution in [0.25, 0.3) is 0 Å². The lowest BCUT2D eigenvalue weighted by atomic mass is 10.1. The van der Waals surface area contributed by atoms with E-state index < -0.39 is 18.0 Å². The van der Waals surface area contributed by atoms with Crippen molar-refractivity contribution in [3.05, 3.63) is 23.8 Å². The molecule has 1 aromatic carbocycles. The van der Waals surface area contributed by atoms with Gasteiger partial charge in [-0.05, 0) is 37.5 Å². The summed E-state index contributed by atoms with van der Waals surface area (Å²) in [5, 5.41) is 46.6. The van der Waals surface area contributed by atoms with Crippen LogP contribution in [0.2, 0.25) is 0 Å². The van der Waals surface area contributed by atoms with E-state index in [0.29, 0.717) is 12.1 Å². The number of benzene rings is 1. The van der Waals surface area contributed by atoms with Gasteiger partial charge in [-0.2, -0.15) is 0 Å². The topological polar surface area (TPSA) is 157 Å². The Morgan fingerprint density at radius 1 is 1.16 bits per heavy atom. The Morgan fingerprint density at radius 2 is 1.76 bits per heavy atom. The van der Waals surface area contributed by atoms with Gasteiger partial charge in [-0.25, -0.2) is 9.59 Å². The van der Waals surface area contributed by atoms with Gasteiger partial charge < -0.3 is 35.6 Å². The fraction of sp³-hybridized carbons (Fsp3) is 0.500. The van der Waals surface area contributed by atoms with Crippen LogP contribution < -0.4 is 5.32 Å². The van der Waals surface area contributed by atoms with Gasteiger partial charge in [0, 0.05) is 26.3 Å². The number of ether oxygens (including phenoxy) is 1. The number of nitrogens with one attached hydrogen (secondary N) is 1. The van der Waals surface area contributed by atoms with Gasteiger partial charge in [-0.1, -0.05) is 6.07 Å². The normalized spacial score (nSPS) is 12.6. The van der Waals surface area contributed by atoms with E-state index in [1.807, 2.05) is 0 Å². The van der Waals surface area contributed by atoms with E-state index in [1.165, 1.54) is 12.1 Å². The molecular weight excluding hydrogens is 334 g/mol. The number of rotatable bonds is 8. The minimum atomic E-state index is -1.82. The molecule has 0 saturated heterocycles. The van der Waals surface area contributed by atoms with Gasteiger partial charge >= 0.3 is 11.9 Å². The van der Waals surface area contributed by atoms with Crippen molar-refractivity contribution in [1.29, 1.82) is 0 Å². The summed E-state index contributed by atoms with van der Waals surface area (Å²) in [7, 11) is 1.68. The van der Waals surface area contributed by atoms with Crippen molar-refractivity contribution in [2.75, 3.05) is 20.3 Å². The number of hydrogen-bond donors (Lipinski definition) is 6. The van der Waals surface area contributed by atoms with E-state index >= 15 is 0 Å². The molecular formula is C16H25NO8. The molecule has 1 unspecified atom stereocenters. The molecule has 142 valence electrons. The minimum Gasteiger partial charge on any atom is -0.504 e. The van der Waals surface area contributed by atoms with Gasteiger partial charge in [0.25, 0.3) is 0 Å². The van der Waals surface area contributed by atoms with Crippen LogP contribution in [-0.2, 0) is 14.3 Å². The maximum atomic E-state index is 9.98. The van der Waals surface area contributed by atoms with Crippen molar-refractivity contribution < 1.29 is 39.9 Å². The number of aliphatic hydroxyl groups is 1. The van der Waals surface area contributed by atoms with E-state index in [0.717, 1.165) is 19.4 Å². The Bertz CT molecular complexity index is 537. The fourth-order valence-corrected chi connectivity index (χ4v) is 1.81. The zero-order chi connectivity index (χ0) is 19.4. The van der Waals surface area contributed by atoms with Gasteiger partial charge in [0.15, 0.2) is 11.5 Å². The second kappa shape index (κ2) is 12.1. The second-order valence-electron chi connectivity index (χ2n) is 5.32. The highest BCUT2D eigenvalue weighted by Gasteiger charge is 2.11. The largest absolute Gasteiger partial charge is 0.504 e. The summed E-state index contributed by atoms with van der Waals surface area (Å²) in [6.07, 6.45) is 1.23. The van der Waals surface area contributed by atoms with Crippen molar-refractivity contribution in [2.24, 2.45) is 0 Å². The fourth-order valence-electron chi connectivity index (χ4n) is 1.81. The van der Waals surface area contributed by atoms with E-state index in [2.05, 4.69) is 12.2 Å². The summed E-state index contributed by atoms with van der Waals surface area (Å²) in [5.74, 6) is -4.05. The van der Waals surface area contributed by atoms with Gasteiger partial charge in [-0.3, -0.25) is 0 Å². The summed E-state index contributed by atoms with van der Waals surface area (Å²) in [6.45, 7) is 3.19. The number of carboxylic acids is 2. The van der Waals surface area contributed by atoms with Crippen LogP contribution in [0.5, 0.6) is 11.5 Å². The van der Waals surface area contributed by atoms with Crippen LogP contribution in [0.4, 0.5) is 0 Å². The van der Waals surface area contributed by atoms with Crippen LogP contribution in [0.1, 0.15) is 31.4 Å². The van der Waals surface area contributed by atoms with Crippen LogP contribution in [-0.4, -0.2) is 63.8 Å². The van der Waals surface area contributed by atoms with Crippen molar-refractivity contribution in [3.8, 4) is 11.5 Å². The predicted molar refractivity (Wildman–Crippen MR) is 88.6 cm³/mol. The third kappa shape index (κ3) is 10.2. The number of hydrogen-bond acceptors (Lipinski definition) is 7.